The second-order valence-electron chi connectivity index (χ2n) is 8.97. The van der Waals surface area contributed by atoms with Gasteiger partial charge in [-0.25, -0.2) is 0 Å². The number of amides is 2. The van der Waals surface area contributed by atoms with E-state index in [9.17, 15) is 9.59 Å². The third-order valence-electron chi connectivity index (χ3n) is 6.64. The number of nitrogens with one attached hydrogen (secondary N) is 1. The molecule has 2 aliphatic heterocycles. The van der Waals surface area contributed by atoms with E-state index in [4.69, 9.17) is 4.42 Å². The smallest absolute Gasteiger partial charge is 0.290 e. The molecule has 0 spiro atoms. The number of furan rings is 1. The first kappa shape index (κ1) is 21.5. The summed E-state index contributed by atoms with van der Waals surface area (Å²) < 4.78 is 5.36. The summed E-state index contributed by atoms with van der Waals surface area (Å²) in [5, 5.41) is 3.26. The van der Waals surface area contributed by atoms with Crippen molar-refractivity contribution in [2.24, 2.45) is 0 Å². The van der Waals surface area contributed by atoms with Gasteiger partial charge in [0.15, 0.2) is 5.76 Å². The maximum absolute atomic E-state index is 13.5. The molecule has 170 valence electrons. The Balaban J connectivity index is 1.29. The lowest BCUT2D eigenvalue weighted by molar-refractivity contribution is -0.127. The Kier molecular flexibility index (Phi) is 6.26. The molecule has 6 nitrogen and oxygen atoms in total. The van der Waals surface area contributed by atoms with Crippen LogP contribution in [0.4, 0.5) is 0 Å². The van der Waals surface area contributed by atoms with E-state index in [0.717, 1.165) is 43.6 Å². The molecule has 3 aromatic rings. The highest BCUT2D eigenvalue weighted by Crippen LogP contribution is 2.26. The van der Waals surface area contributed by atoms with Crippen LogP contribution in [-0.2, 0) is 24.3 Å². The number of rotatable bonds is 5. The summed E-state index contributed by atoms with van der Waals surface area (Å²) in [6, 6.07) is 21.3. The van der Waals surface area contributed by atoms with Gasteiger partial charge in [0.05, 0.1) is 6.26 Å². The second-order valence-corrected chi connectivity index (χ2v) is 8.97. The number of benzene rings is 2. The molecule has 0 aliphatic carbocycles. The fraction of sp³-hybridized carbons (Fsp3) is 0.333. The van der Waals surface area contributed by atoms with Crippen LogP contribution in [0.5, 0.6) is 0 Å². The first-order chi connectivity index (χ1) is 16.2. The lowest BCUT2D eigenvalue weighted by Gasteiger charge is -2.38. The number of hydrogen-bond acceptors (Lipinski definition) is 4. The summed E-state index contributed by atoms with van der Waals surface area (Å²) >= 11 is 0. The predicted octanol–water partition coefficient (Wildman–Crippen LogP) is 3.63. The third kappa shape index (κ3) is 4.86. The van der Waals surface area contributed by atoms with Gasteiger partial charge in [0.2, 0.25) is 5.91 Å². The average molecular weight is 444 g/mol. The fourth-order valence-electron chi connectivity index (χ4n) is 4.97. The van der Waals surface area contributed by atoms with Gasteiger partial charge in [0.25, 0.3) is 5.91 Å². The minimum Gasteiger partial charge on any atom is -0.459 e. The third-order valence-corrected chi connectivity index (χ3v) is 6.64. The zero-order valence-corrected chi connectivity index (χ0v) is 18.7. The van der Waals surface area contributed by atoms with Crippen LogP contribution in [0, 0.1) is 0 Å². The van der Waals surface area contributed by atoms with Crippen molar-refractivity contribution in [2.45, 2.75) is 44.4 Å². The number of carbonyl (C=O) groups is 2. The summed E-state index contributed by atoms with van der Waals surface area (Å²) in [4.78, 5) is 30.7. The summed E-state index contributed by atoms with van der Waals surface area (Å²) in [5.74, 6) is -0.0705. The maximum atomic E-state index is 13.5. The van der Waals surface area contributed by atoms with E-state index in [1.54, 1.807) is 17.0 Å². The zero-order valence-electron chi connectivity index (χ0n) is 18.7. The average Bonchev–Trinajstić information content (AvgIpc) is 3.39. The molecule has 1 aromatic heterocycles. The van der Waals surface area contributed by atoms with Gasteiger partial charge >= 0.3 is 0 Å². The molecule has 2 amide bonds. The highest BCUT2D eigenvalue weighted by molar-refractivity contribution is 5.96. The molecule has 2 aliphatic rings. The van der Waals surface area contributed by atoms with Crippen molar-refractivity contribution < 1.29 is 14.0 Å². The van der Waals surface area contributed by atoms with Gasteiger partial charge in [-0.2, -0.15) is 0 Å². The number of piperidine rings is 1. The summed E-state index contributed by atoms with van der Waals surface area (Å²) in [6.45, 7) is 3.13. The Labute approximate surface area is 194 Å². The largest absolute Gasteiger partial charge is 0.459 e. The summed E-state index contributed by atoms with van der Waals surface area (Å²) in [5.41, 5.74) is 3.48. The maximum Gasteiger partial charge on any atom is 0.290 e. The topological polar surface area (TPSA) is 65.8 Å². The van der Waals surface area contributed by atoms with Crippen molar-refractivity contribution in [2.75, 3.05) is 13.1 Å². The van der Waals surface area contributed by atoms with E-state index in [1.807, 2.05) is 30.3 Å². The van der Waals surface area contributed by atoms with Crippen LogP contribution in [0.25, 0.3) is 0 Å². The number of hydrogen-bond donors (Lipinski definition) is 1. The standard InChI is InChI=1S/C27H29N3O3/c31-26(28-23-12-6-14-29(19-23)17-20-8-2-1-3-9-20)24-16-21-10-4-5-11-22(21)18-30(24)27(32)25-13-7-15-33-25/h1-5,7-11,13,15,23-24H,6,12,14,16-19H2,(H,28,31). The molecule has 0 saturated carbocycles. The van der Waals surface area contributed by atoms with E-state index in [2.05, 4.69) is 34.5 Å². The minimum atomic E-state index is -0.554. The molecule has 5 rings (SSSR count). The molecular formula is C27H29N3O3. The predicted molar refractivity (Wildman–Crippen MR) is 125 cm³/mol. The molecule has 0 radical (unpaired) electrons. The molecule has 0 bridgehead atoms. The highest BCUT2D eigenvalue weighted by atomic mass is 16.3. The molecule has 1 saturated heterocycles. The molecule has 2 aromatic carbocycles. The van der Waals surface area contributed by atoms with Gasteiger partial charge in [-0.15, -0.1) is 0 Å². The van der Waals surface area contributed by atoms with Crippen LogP contribution < -0.4 is 5.32 Å². The Hall–Kier alpha value is -3.38. The lowest BCUT2D eigenvalue weighted by Crippen LogP contribution is -2.56. The van der Waals surface area contributed by atoms with Gasteiger partial charge < -0.3 is 14.6 Å². The Morgan fingerprint density at radius 1 is 0.970 bits per heavy atom. The van der Waals surface area contributed by atoms with Gasteiger partial charge in [-0.05, 0) is 48.2 Å². The van der Waals surface area contributed by atoms with Crippen LogP contribution >= 0.6 is 0 Å². The van der Waals surface area contributed by atoms with Crippen molar-refractivity contribution in [3.05, 3.63) is 95.4 Å². The van der Waals surface area contributed by atoms with E-state index in [-0.39, 0.29) is 23.6 Å². The monoisotopic (exact) mass is 443 g/mol. The van der Waals surface area contributed by atoms with Gasteiger partial charge in [0.1, 0.15) is 6.04 Å². The SMILES string of the molecule is O=C(NC1CCCN(Cc2ccccc2)C1)C1Cc2ccccc2CN1C(=O)c1ccco1. The molecule has 33 heavy (non-hydrogen) atoms. The first-order valence-electron chi connectivity index (χ1n) is 11.7. The molecule has 1 N–H and O–H groups in total. The van der Waals surface area contributed by atoms with Gasteiger partial charge in [-0.1, -0.05) is 54.6 Å². The van der Waals surface area contributed by atoms with Crippen molar-refractivity contribution in [3.63, 3.8) is 0 Å². The van der Waals surface area contributed by atoms with Crippen molar-refractivity contribution in [3.8, 4) is 0 Å². The van der Waals surface area contributed by atoms with Gasteiger partial charge in [0, 0.05) is 32.1 Å². The van der Waals surface area contributed by atoms with Crippen molar-refractivity contribution in [1.82, 2.24) is 15.1 Å². The van der Waals surface area contributed by atoms with E-state index < -0.39 is 6.04 Å². The van der Waals surface area contributed by atoms with E-state index >= 15 is 0 Å². The highest BCUT2D eigenvalue weighted by Gasteiger charge is 2.37. The van der Waals surface area contributed by atoms with Crippen molar-refractivity contribution >= 4 is 11.8 Å². The minimum absolute atomic E-state index is 0.0766. The molecular weight excluding hydrogens is 414 g/mol. The summed E-state index contributed by atoms with van der Waals surface area (Å²) in [7, 11) is 0. The van der Waals surface area contributed by atoms with Crippen LogP contribution in [-0.4, -0.2) is 46.8 Å². The molecule has 2 unspecified atom stereocenters. The number of carbonyl (C=O) groups excluding carboxylic acids is 2. The van der Waals surface area contributed by atoms with Crippen LogP contribution in [0.1, 0.15) is 40.1 Å². The van der Waals surface area contributed by atoms with Crippen molar-refractivity contribution in [1.29, 1.82) is 0 Å². The number of fused-ring (bicyclic) bond motifs is 1. The van der Waals surface area contributed by atoms with E-state index in [0.29, 0.717) is 13.0 Å². The van der Waals surface area contributed by atoms with E-state index in [1.165, 1.54) is 11.8 Å². The first-order valence-corrected chi connectivity index (χ1v) is 11.7. The Bertz CT molecular complexity index is 1100. The molecule has 1 fully saturated rings. The second kappa shape index (κ2) is 9.63. The Morgan fingerprint density at radius 2 is 1.76 bits per heavy atom. The molecule has 6 heteroatoms. The van der Waals surface area contributed by atoms with Crippen LogP contribution in [0.2, 0.25) is 0 Å². The zero-order chi connectivity index (χ0) is 22.6. The van der Waals surface area contributed by atoms with Crippen LogP contribution in [0.15, 0.2) is 77.4 Å². The van der Waals surface area contributed by atoms with Gasteiger partial charge in [-0.3, -0.25) is 14.5 Å². The normalized spacial score (nSPS) is 20.8. The molecule has 3 heterocycles. The Morgan fingerprint density at radius 3 is 2.55 bits per heavy atom. The fourth-order valence-corrected chi connectivity index (χ4v) is 4.97. The quantitative estimate of drug-likeness (QED) is 0.654. The summed E-state index contributed by atoms with van der Waals surface area (Å²) in [6.07, 6.45) is 3.99. The lowest BCUT2D eigenvalue weighted by atomic mass is 9.92. The molecule has 2 atom stereocenters. The van der Waals surface area contributed by atoms with Crippen LogP contribution in [0.3, 0.4) is 0 Å². The number of nitrogens with zero attached hydrogens (tertiary/aromatic N) is 2. The number of likely N-dealkylation sites (tertiary alicyclic amines) is 1.